The molecule has 0 aromatic carbocycles. The van der Waals surface area contributed by atoms with Gasteiger partial charge in [-0.25, -0.2) is 4.98 Å². The van der Waals surface area contributed by atoms with Gasteiger partial charge in [0.25, 0.3) is 0 Å². The van der Waals surface area contributed by atoms with Crippen molar-refractivity contribution < 1.29 is 4.79 Å². The molecule has 1 amide bonds. The van der Waals surface area contributed by atoms with E-state index in [1.54, 1.807) is 0 Å². The van der Waals surface area contributed by atoms with E-state index < -0.39 is 0 Å². The van der Waals surface area contributed by atoms with Gasteiger partial charge in [0.2, 0.25) is 5.91 Å². The summed E-state index contributed by atoms with van der Waals surface area (Å²) in [5.74, 6) is 0.873. The van der Waals surface area contributed by atoms with Crippen LogP contribution < -0.4 is 5.32 Å². The monoisotopic (exact) mass is 405 g/mol. The summed E-state index contributed by atoms with van der Waals surface area (Å²) >= 11 is 1.82. The first-order valence-corrected chi connectivity index (χ1v) is 9.96. The van der Waals surface area contributed by atoms with Gasteiger partial charge in [-0.1, -0.05) is 0 Å². The standard InChI is InChI=1S/C18H27N3OS.2ClH/c1-21(11-17-20-15-4-2-3-5-16(15)23-17)18(22)10-12-8-13-6-7-14(9-12)19-13;;/h12-14,19H,2-11H2,1H3;2*1H. The molecule has 2 aliphatic heterocycles. The summed E-state index contributed by atoms with van der Waals surface area (Å²) < 4.78 is 0. The Labute approximate surface area is 167 Å². The fourth-order valence-corrected chi connectivity index (χ4v) is 5.72. The van der Waals surface area contributed by atoms with E-state index in [-0.39, 0.29) is 24.8 Å². The molecule has 0 saturated carbocycles. The Morgan fingerprint density at radius 1 is 1.20 bits per heavy atom. The average Bonchev–Trinajstić information content (AvgIpc) is 3.09. The molecule has 3 aliphatic rings. The molecule has 2 fully saturated rings. The maximum atomic E-state index is 12.6. The molecule has 4 rings (SSSR count). The van der Waals surface area contributed by atoms with E-state index in [0.29, 0.717) is 30.5 Å². The smallest absolute Gasteiger partial charge is 0.222 e. The quantitative estimate of drug-likeness (QED) is 0.829. The van der Waals surface area contributed by atoms with E-state index in [2.05, 4.69) is 5.32 Å². The molecule has 2 bridgehead atoms. The summed E-state index contributed by atoms with van der Waals surface area (Å²) in [5, 5.41) is 4.78. The molecule has 2 saturated heterocycles. The van der Waals surface area contributed by atoms with Crippen molar-refractivity contribution in [1.82, 2.24) is 15.2 Å². The minimum atomic E-state index is 0. The minimum absolute atomic E-state index is 0. The van der Waals surface area contributed by atoms with Crippen molar-refractivity contribution >= 4 is 42.1 Å². The zero-order valence-electron chi connectivity index (χ0n) is 14.8. The van der Waals surface area contributed by atoms with Crippen molar-refractivity contribution in [2.45, 2.75) is 76.4 Å². The van der Waals surface area contributed by atoms with Gasteiger partial charge in [0.1, 0.15) is 5.01 Å². The third-order valence-corrected chi connectivity index (χ3v) is 6.86. The third kappa shape index (κ3) is 4.88. The van der Waals surface area contributed by atoms with E-state index >= 15 is 0 Å². The predicted molar refractivity (Wildman–Crippen MR) is 107 cm³/mol. The number of rotatable bonds is 4. The van der Waals surface area contributed by atoms with Crippen LogP contribution >= 0.6 is 36.2 Å². The van der Waals surface area contributed by atoms with Crippen molar-refractivity contribution in [2.75, 3.05) is 7.05 Å². The fourth-order valence-electron chi connectivity index (χ4n) is 4.51. The minimum Gasteiger partial charge on any atom is -0.339 e. The van der Waals surface area contributed by atoms with Gasteiger partial charge < -0.3 is 10.2 Å². The van der Waals surface area contributed by atoms with Crippen molar-refractivity contribution in [3.8, 4) is 0 Å². The zero-order valence-corrected chi connectivity index (χ0v) is 17.3. The summed E-state index contributed by atoms with van der Waals surface area (Å²) in [4.78, 5) is 20.7. The van der Waals surface area contributed by atoms with Gasteiger partial charge in [0.15, 0.2) is 0 Å². The second-order valence-corrected chi connectivity index (χ2v) is 8.78. The first-order chi connectivity index (χ1) is 11.2. The van der Waals surface area contributed by atoms with Crippen molar-refractivity contribution in [3.63, 3.8) is 0 Å². The fraction of sp³-hybridized carbons (Fsp3) is 0.778. The molecular formula is C18H29Cl2N3OS. The van der Waals surface area contributed by atoms with Gasteiger partial charge in [-0.2, -0.15) is 0 Å². The summed E-state index contributed by atoms with van der Waals surface area (Å²) in [5.41, 5.74) is 1.30. The van der Waals surface area contributed by atoms with Gasteiger partial charge >= 0.3 is 0 Å². The molecule has 25 heavy (non-hydrogen) atoms. The number of hydrogen-bond acceptors (Lipinski definition) is 4. The van der Waals surface area contributed by atoms with Crippen LogP contribution in [0, 0.1) is 5.92 Å². The van der Waals surface area contributed by atoms with Crippen LogP contribution in [0.25, 0.3) is 0 Å². The van der Waals surface area contributed by atoms with Crippen LogP contribution in [0.5, 0.6) is 0 Å². The van der Waals surface area contributed by atoms with Crippen LogP contribution in [-0.4, -0.2) is 34.9 Å². The molecule has 1 aliphatic carbocycles. The van der Waals surface area contributed by atoms with Crippen LogP contribution in [-0.2, 0) is 24.2 Å². The van der Waals surface area contributed by atoms with Gasteiger partial charge in [-0.05, 0) is 57.3 Å². The number of amides is 1. The molecule has 2 unspecified atom stereocenters. The number of aryl methyl sites for hydroxylation is 2. The number of hydrogen-bond donors (Lipinski definition) is 1. The number of piperidine rings is 1. The molecule has 1 aromatic heterocycles. The Bertz CT molecular complexity index is 559. The summed E-state index contributed by atoms with van der Waals surface area (Å²) in [6.07, 6.45) is 10.6. The molecule has 7 heteroatoms. The molecule has 142 valence electrons. The van der Waals surface area contributed by atoms with Gasteiger partial charge in [-0.15, -0.1) is 36.2 Å². The Morgan fingerprint density at radius 2 is 1.88 bits per heavy atom. The van der Waals surface area contributed by atoms with E-state index in [4.69, 9.17) is 4.98 Å². The van der Waals surface area contributed by atoms with Gasteiger partial charge in [0.05, 0.1) is 12.2 Å². The summed E-state index contributed by atoms with van der Waals surface area (Å²) in [6.45, 7) is 0.689. The summed E-state index contributed by atoms with van der Waals surface area (Å²) in [7, 11) is 1.94. The second-order valence-electron chi connectivity index (χ2n) is 7.61. The van der Waals surface area contributed by atoms with Crippen molar-refractivity contribution in [2.24, 2.45) is 5.92 Å². The molecular weight excluding hydrogens is 377 g/mol. The maximum absolute atomic E-state index is 12.6. The lowest BCUT2D eigenvalue weighted by Gasteiger charge is -2.29. The highest BCUT2D eigenvalue weighted by atomic mass is 35.5. The molecule has 1 aromatic rings. The van der Waals surface area contributed by atoms with Crippen molar-refractivity contribution in [1.29, 1.82) is 0 Å². The number of carbonyl (C=O) groups excluding carboxylic acids is 1. The average molecular weight is 406 g/mol. The Hall–Kier alpha value is -0.360. The Kier molecular flexibility index (Phi) is 7.56. The lowest BCUT2D eigenvalue weighted by molar-refractivity contribution is -0.131. The Balaban J connectivity index is 0.00000113. The second kappa shape index (κ2) is 9.03. The molecule has 4 nitrogen and oxygen atoms in total. The summed E-state index contributed by atoms with van der Waals surface area (Å²) in [6, 6.07) is 1.34. The zero-order chi connectivity index (χ0) is 15.8. The third-order valence-electron chi connectivity index (χ3n) is 5.72. The van der Waals surface area contributed by atoms with Gasteiger partial charge in [0, 0.05) is 30.4 Å². The van der Waals surface area contributed by atoms with Crippen LogP contribution in [0.4, 0.5) is 0 Å². The topological polar surface area (TPSA) is 45.2 Å². The number of fused-ring (bicyclic) bond motifs is 3. The van der Waals surface area contributed by atoms with E-state index in [1.807, 2.05) is 23.3 Å². The normalized spacial score (nSPS) is 27.0. The molecule has 2 atom stereocenters. The van der Waals surface area contributed by atoms with Crippen LogP contribution in [0.2, 0.25) is 0 Å². The van der Waals surface area contributed by atoms with E-state index in [1.165, 1.54) is 55.5 Å². The highest BCUT2D eigenvalue weighted by Crippen LogP contribution is 2.33. The molecule has 0 spiro atoms. The molecule has 0 radical (unpaired) electrons. The highest BCUT2D eigenvalue weighted by molar-refractivity contribution is 7.11. The largest absolute Gasteiger partial charge is 0.339 e. The number of aromatic nitrogens is 1. The first kappa shape index (κ1) is 20.9. The van der Waals surface area contributed by atoms with E-state index in [0.717, 1.165) is 17.8 Å². The number of halogens is 2. The number of carbonyl (C=O) groups is 1. The van der Waals surface area contributed by atoms with Gasteiger partial charge in [-0.3, -0.25) is 4.79 Å². The van der Waals surface area contributed by atoms with E-state index in [9.17, 15) is 4.79 Å². The van der Waals surface area contributed by atoms with Crippen LogP contribution in [0.15, 0.2) is 0 Å². The number of thiazole rings is 1. The van der Waals surface area contributed by atoms with Crippen molar-refractivity contribution in [3.05, 3.63) is 15.6 Å². The molecule has 1 N–H and O–H groups in total. The highest BCUT2D eigenvalue weighted by Gasteiger charge is 2.34. The van der Waals surface area contributed by atoms with Crippen LogP contribution in [0.1, 0.15) is 60.5 Å². The lowest BCUT2D eigenvalue weighted by Crippen LogP contribution is -2.39. The number of nitrogens with zero attached hydrogens (tertiary/aromatic N) is 2. The Morgan fingerprint density at radius 3 is 2.56 bits per heavy atom. The first-order valence-electron chi connectivity index (χ1n) is 9.15. The number of nitrogens with one attached hydrogen (secondary N) is 1. The predicted octanol–water partition coefficient (Wildman–Crippen LogP) is 3.74. The lowest BCUT2D eigenvalue weighted by atomic mass is 9.89. The molecule has 3 heterocycles. The maximum Gasteiger partial charge on any atom is 0.222 e. The van der Waals surface area contributed by atoms with Crippen LogP contribution in [0.3, 0.4) is 0 Å². The SMILES string of the molecule is CN(Cc1nc2c(s1)CCCC2)C(=O)CC1CC2CCC(C1)N2.Cl.Cl.